The molecule has 106 valence electrons. The Bertz CT molecular complexity index is 431. The maximum Gasteiger partial charge on any atom is 0.308 e. The van der Waals surface area contributed by atoms with E-state index in [0.29, 0.717) is 18.0 Å². The molecule has 5 heteroatoms. The van der Waals surface area contributed by atoms with Gasteiger partial charge in [0.25, 0.3) is 0 Å². The maximum absolute atomic E-state index is 11.1. The lowest BCUT2D eigenvalue weighted by Gasteiger charge is -2.19. The fourth-order valence-electron chi connectivity index (χ4n) is 1.77. The smallest absolute Gasteiger partial charge is 0.308 e. The SMILES string of the molecule is COc1ccc(NCC(C(=O)O)C(C)C)c(OC)c1. The standard InChI is InChI=1S/C14H21NO4/c1-9(2)11(14(16)17)8-15-12-6-5-10(18-3)7-13(12)19-4/h5-7,9,11,15H,8H2,1-4H3,(H,16,17). The highest BCUT2D eigenvalue weighted by Crippen LogP contribution is 2.29. The average Bonchev–Trinajstić information content (AvgIpc) is 2.38. The zero-order valence-electron chi connectivity index (χ0n) is 11.8. The fraction of sp³-hybridized carbons (Fsp3) is 0.500. The molecule has 1 atom stereocenters. The minimum atomic E-state index is -0.796. The van der Waals surface area contributed by atoms with Crippen molar-refractivity contribution >= 4 is 11.7 Å². The first-order valence-electron chi connectivity index (χ1n) is 6.18. The Balaban J connectivity index is 2.79. The van der Waals surface area contributed by atoms with Gasteiger partial charge in [0.2, 0.25) is 0 Å². The molecular weight excluding hydrogens is 246 g/mol. The van der Waals surface area contributed by atoms with Crippen molar-refractivity contribution in [2.24, 2.45) is 11.8 Å². The second-order valence-corrected chi connectivity index (χ2v) is 4.64. The summed E-state index contributed by atoms with van der Waals surface area (Å²) in [5, 5.41) is 12.3. The molecule has 0 aliphatic rings. The third-order valence-corrected chi connectivity index (χ3v) is 3.04. The number of hydrogen-bond donors (Lipinski definition) is 2. The molecule has 0 aliphatic heterocycles. The van der Waals surface area contributed by atoms with Crippen molar-refractivity contribution in [2.75, 3.05) is 26.1 Å². The number of carboxylic acids is 1. The first kappa shape index (κ1) is 15.1. The fourth-order valence-corrected chi connectivity index (χ4v) is 1.77. The predicted octanol–water partition coefficient (Wildman–Crippen LogP) is 2.47. The summed E-state index contributed by atoms with van der Waals surface area (Å²) in [6.07, 6.45) is 0. The van der Waals surface area contributed by atoms with Crippen LogP contribution in [-0.4, -0.2) is 31.8 Å². The van der Waals surface area contributed by atoms with Crippen LogP contribution in [0, 0.1) is 11.8 Å². The molecule has 0 heterocycles. The van der Waals surface area contributed by atoms with Gasteiger partial charge in [-0.1, -0.05) is 13.8 Å². The van der Waals surface area contributed by atoms with Gasteiger partial charge in [-0.25, -0.2) is 0 Å². The summed E-state index contributed by atoms with van der Waals surface area (Å²) in [5.41, 5.74) is 0.759. The van der Waals surface area contributed by atoms with E-state index in [9.17, 15) is 4.79 Å². The number of hydrogen-bond acceptors (Lipinski definition) is 4. The van der Waals surface area contributed by atoms with Crippen molar-refractivity contribution in [2.45, 2.75) is 13.8 Å². The number of carbonyl (C=O) groups is 1. The molecule has 1 rings (SSSR count). The number of anilines is 1. The molecule has 5 nitrogen and oxygen atoms in total. The molecule has 0 aromatic heterocycles. The van der Waals surface area contributed by atoms with Gasteiger partial charge >= 0.3 is 5.97 Å². The summed E-state index contributed by atoms with van der Waals surface area (Å²) in [5.74, 6) is 0.157. The summed E-state index contributed by atoms with van der Waals surface area (Å²) in [7, 11) is 3.15. The van der Waals surface area contributed by atoms with E-state index in [2.05, 4.69) is 5.32 Å². The molecule has 0 amide bonds. The first-order chi connectivity index (χ1) is 8.99. The molecule has 1 aromatic carbocycles. The number of methoxy groups -OCH3 is 2. The maximum atomic E-state index is 11.1. The Morgan fingerprint density at radius 3 is 2.47 bits per heavy atom. The van der Waals surface area contributed by atoms with Gasteiger partial charge in [-0.3, -0.25) is 4.79 Å². The molecule has 0 saturated carbocycles. The van der Waals surface area contributed by atoms with Crippen molar-refractivity contribution < 1.29 is 19.4 Å². The van der Waals surface area contributed by atoms with Gasteiger partial charge in [0.1, 0.15) is 11.5 Å². The van der Waals surface area contributed by atoms with Crippen LogP contribution in [0.5, 0.6) is 11.5 Å². The highest BCUT2D eigenvalue weighted by molar-refractivity contribution is 5.71. The largest absolute Gasteiger partial charge is 0.497 e. The Morgan fingerprint density at radius 1 is 1.32 bits per heavy atom. The molecule has 19 heavy (non-hydrogen) atoms. The first-order valence-corrected chi connectivity index (χ1v) is 6.18. The van der Waals surface area contributed by atoms with Gasteiger partial charge < -0.3 is 19.9 Å². The van der Waals surface area contributed by atoms with Crippen molar-refractivity contribution in [1.29, 1.82) is 0 Å². The van der Waals surface area contributed by atoms with Gasteiger partial charge in [-0.05, 0) is 18.1 Å². The number of aliphatic carboxylic acids is 1. The number of benzene rings is 1. The van der Waals surface area contributed by atoms with E-state index in [0.717, 1.165) is 5.69 Å². The molecule has 0 bridgehead atoms. The van der Waals surface area contributed by atoms with Crippen molar-refractivity contribution in [3.8, 4) is 11.5 Å². The van der Waals surface area contributed by atoms with Gasteiger partial charge in [0.05, 0.1) is 25.8 Å². The van der Waals surface area contributed by atoms with Gasteiger partial charge in [0, 0.05) is 12.6 Å². The zero-order valence-corrected chi connectivity index (χ0v) is 11.8. The van der Waals surface area contributed by atoms with Gasteiger partial charge in [0.15, 0.2) is 0 Å². The van der Waals surface area contributed by atoms with Crippen LogP contribution in [-0.2, 0) is 4.79 Å². The summed E-state index contributed by atoms with van der Waals surface area (Å²) >= 11 is 0. The average molecular weight is 267 g/mol. The summed E-state index contributed by atoms with van der Waals surface area (Å²) in [6, 6.07) is 5.38. The number of nitrogens with one attached hydrogen (secondary N) is 1. The molecule has 1 unspecified atom stereocenters. The van der Waals surface area contributed by atoms with Crippen molar-refractivity contribution in [1.82, 2.24) is 0 Å². The second kappa shape index (κ2) is 6.87. The van der Waals surface area contributed by atoms with Crippen LogP contribution in [0.3, 0.4) is 0 Å². The lowest BCUT2D eigenvalue weighted by Crippen LogP contribution is -2.27. The summed E-state index contributed by atoms with van der Waals surface area (Å²) in [6.45, 7) is 4.15. The molecular formula is C14H21NO4. The molecule has 2 N–H and O–H groups in total. The summed E-state index contributed by atoms with van der Waals surface area (Å²) in [4.78, 5) is 11.1. The topological polar surface area (TPSA) is 67.8 Å². The number of rotatable bonds is 7. The van der Waals surface area contributed by atoms with Crippen LogP contribution in [0.25, 0.3) is 0 Å². The van der Waals surface area contributed by atoms with E-state index in [1.165, 1.54) is 0 Å². The van der Waals surface area contributed by atoms with Crippen molar-refractivity contribution in [3.05, 3.63) is 18.2 Å². The highest BCUT2D eigenvalue weighted by Gasteiger charge is 2.21. The quantitative estimate of drug-likeness (QED) is 0.794. The van der Waals surface area contributed by atoms with Gasteiger partial charge in [-0.15, -0.1) is 0 Å². The van der Waals surface area contributed by atoms with E-state index >= 15 is 0 Å². The van der Waals surface area contributed by atoms with Crippen molar-refractivity contribution in [3.63, 3.8) is 0 Å². The Labute approximate surface area is 113 Å². The van der Waals surface area contributed by atoms with Crippen LogP contribution in [0.2, 0.25) is 0 Å². The minimum Gasteiger partial charge on any atom is -0.497 e. The van der Waals surface area contributed by atoms with E-state index in [1.807, 2.05) is 19.9 Å². The predicted molar refractivity (Wildman–Crippen MR) is 74.0 cm³/mol. The van der Waals surface area contributed by atoms with Crippen LogP contribution in [0.15, 0.2) is 18.2 Å². The monoisotopic (exact) mass is 267 g/mol. The molecule has 0 saturated heterocycles. The Kier molecular flexibility index (Phi) is 5.48. The van der Waals surface area contributed by atoms with E-state index in [-0.39, 0.29) is 5.92 Å². The summed E-state index contributed by atoms with van der Waals surface area (Å²) < 4.78 is 10.4. The molecule has 0 radical (unpaired) electrons. The molecule has 0 aliphatic carbocycles. The lowest BCUT2D eigenvalue weighted by molar-refractivity contribution is -0.142. The van der Waals surface area contributed by atoms with E-state index in [4.69, 9.17) is 14.6 Å². The highest BCUT2D eigenvalue weighted by atomic mass is 16.5. The van der Waals surface area contributed by atoms with E-state index in [1.54, 1.807) is 26.4 Å². The third-order valence-electron chi connectivity index (χ3n) is 3.04. The molecule has 0 fully saturated rings. The third kappa shape index (κ3) is 4.05. The molecule has 1 aromatic rings. The Morgan fingerprint density at radius 2 is 2.00 bits per heavy atom. The number of ether oxygens (including phenoxy) is 2. The van der Waals surface area contributed by atoms with E-state index < -0.39 is 11.9 Å². The zero-order chi connectivity index (χ0) is 14.4. The minimum absolute atomic E-state index is 0.0641. The van der Waals surface area contributed by atoms with Crippen LogP contribution in [0.4, 0.5) is 5.69 Å². The Hall–Kier alpha value is -1.91. The normalized spacial score (nSPS) is 12.1. The second-order valence-electron chi connectivity index (χ2n) is 4.64. The van der Waals surface area contributed by atoms with Gasteiger partial charge in [-0.2, -0.15) is 0 Å². The van der Waals surface area contributed by atoms with Crippen LogP contribution in [0.1, 0.15) is 13.8 Å². The number of carboxylic acid groups (broad SMARTS) is 1. The van der Waals surface area contributed by atoms with Crippen LogP contribution >= 0.6 is 0 Å². The molecule has 0 spiro atoms. The van der Waals surface area contributed by atoms with Crippen LogP contribution < -0.4 is 14.8 Å². The lowest BCUT2D eigenvalue weighted by atomic mass is 9.96.